The number of aryl methyl sites for hydroxylation is 1. The monoisotopic (exact) mass is 417 g/mol. The molecular formula is C26H31N3O2. The van der Waals surface area contributed by atoms with Gasteiger partial charge in [0, 0.05) is 32.1 Å². The average Bonchev–Trinajstić information content (AvgIpc) is 3.37. The molecule has 1 N–H and O–H groups in total. The van der Waals surface area contributed by atoms with Gasteiger partial charge in [-0.2, -0.15) is 0 Å². The van der Waals surface area contributed by atoms with Crippen LogP contribution in [-0.4, -0.2) is 49.4 Å². The van der Waals surface area contributed by atoms with Crippen LogP contribution in [0, 0.1) is 0 Å². The van der Waals surface area contributed by atoms with Crippen LogP contribution in [0.2, 0.25) is 0 Å². The predicted molar refractivity (Wildman–Crippen MR) is 122 cm³/mol. The highest BCUT2D eigenvalue weighted by atomic mass is 16.2. The molecule has 1 atom stereocenters. The van der Waals surface area contributed by atoms with Crippen LogP contribution in [-0.2, 0) is 27.8 Å². The molecule has 0 saturated carbocycles. The van der Waals surface area contributed by atoms with Crippen LogP contribution in [0.4, 0.5) is 5.69 Å². The zero-order chi connectivity index (χ0) is 21.4. The van der Waals surface area contributed by atoms with E-state index in [0.717, 1.165) is 30.9 Å². The third kappa shape index (κ3) is 3.55. The molecule has 0 aromatic heterocycles. The lowest BCUT2D eigenvalue weighted by Gasteiger charge is -2.40. The van der Waals surface area contributed by atoms with E-state index in [1.54, 1.807) is 17.5 Å². The first-order chi connectivity index (χ1) is 15.1. The van der Waals surface area contributed by atoms with Gasteiger partial charge in [0.25, 0.3) is 0 Å². The Bertz CT molecular complexity index is 994. The number of fused-ring (bicyclic) bond motifs is 3. The maximum atomic E-state index is 13.2. The van der Waals surface area contributed by atoms with Crippen molar-refractivity contribution >= 4 is 17.5 Å². The van der Waals surface area contributed by atoms with Crippen LogP contribution in [0.1, 0.15) is 42.4 Å². The highest BCUT2D eigenvalue weighted by Gasteiger charge is 2.41. The Morgan fingerprint density at radius 1 is 1.00 bits per heavy atom. The van der Waals surface area contributed by atoms with Crippen LogP contribution >= 0.6 is 0 Å². The van der Waals surface area contributed by atoms with Crippen LogP contribution in [0.15, 0.2) is 48.5 Å². The van der Waals surface area contributed by atoms with Crippen molar-refractivity contribution in [1.29, 1.82) is 0 Å². The fraction of sp³-hybridized carbons (Fsp3) is 0.462. The van der Waals surface area contributed by atoms with Crippen molar-refractivity contribution in [3.63, 3.8) is 0 Å². The van der Waals surface area contributed by atoms with Crippen molar-refractivity contribution in [3.05, 3.63) is 65.2 Å². The molecular weight excluding hydrogens is 386 g/mol. The van der Waals surface area contributed by atoms with Crippen molar-refractivity contribution < 1.29 is 9.59 Å². The van der Waals surface area contributed by atoms with Crippen LogP contribution in [0.25, 0.3) is 0 Å². The summed E-state index contributed by atoms with van der Waals surface area (Å²) in [5, 5.41) is 2.72. The van der Waals surface area contributed by atoms with Gasteiger partial charge >= 0.3 is 0 Å². The molecule has 1 spiro atoms. The van der Waals surface area contributed by atoms with Gasteiger partial charge in [-0.3, -0.25) is 14.5 Å². The van der Waals surface area contributed by atoms with Gasteiger partial charge in [-0.15, -0.1) is 0 Å². The SMILES string of the molecule is CNC(=O)[C@@H]1Cc2ccccc2N1C(=O)CCN1CCC2(CCc3ccccc32)CC1. The lowest BCUT2D eigenvalue weighted by molar-refractivity contribution is -0.126. The maximum absolute atomic E-state index is 13.2. The topological polar surface area (TPSA) is 52.7 Å². The number of nitrogens with one attached hydrogen (secondary N) is 1. The Hall–Kier alpha value is -2.66. The number of carbonyl (C=O) groups excluding carboxylic acids is 2. The molecule has 5 nitrogen and oxygen atoms in total. The number of piperidine rings is 1. The van der Waals surface area contributed by atoms with Crippen LogP contribution < -0.4 is 10.2 Å². The third-order valence-electron chi connectivity index (χ3n) is 7.71. The lowest BCUT2D eigenvalue weighted by atomic mass is 9.74. The predicted octanol–water partition coefficient (Wildman–Crippen LogP) is 3.06. The fourth-order valence-electron chi connectivity index (χ4n) is 5.93. The smallest absolute Gasteiger partial charge is 0.243 e. The lowest BCUT2D eigenvalue weighted by Crippen LogP contribution is -2.48. The molecule has 1 saturated heterocycles. The van der Waals surface area contributed by atoms with Gasteiger partial charge in [0.1, 0.15) is 6.04 Å². The molecule has 1 aliphatic carbocycles. The van der Waals surface area contributed by atoms with E-state index in [-0.39, 0.29) is 11.8 Å². The zero-order valence-corrected chi connectivity index (χ0v) is 18.3. The third-order valence-corrected chi connectivity index (χ3v) is 7.71. The van der Waals surface area contributed by atoms with Crippen LogP contribution in [0.3, 0.4) is 0 Å². The largest absolute Gasteiger partial charge is 0.357 e. The van der Waals surface area contributed by atoms with E-state index in [1.807, 2.05) is 24.3 Å². The van der Waals surface area contributed by atoms with E-state index >= 15 is 0 Å². The van der Waals surface area contributed by atoms with Crippen LogP contribution in [0.5, 0.6) is 0 Å². The van der Waals surface area contributed by atoms with E-state index in [4.69, 9.17) is 0 Å². The van der Waals surface area contributed by atoms with Gasteiger partial charge in [-0.05, 0) is 66.9 Å². The molecule has 2 amide bonds. The van der Waals surface area contributed by atoms with E-state index in [0.29, 0.717) is 18.3 Å². The molecule has 2 aromatic rings. The van der Waals surface area contributed by atoms with Gasteiger partial charge in [0.2, 0.25) is 11.8 Å². The van der Waals surface area contributed by atoms with E-state index < -0.39 is 6.04 Å². The summed E-state index contributed by atoms with van der Waals surface area (Å²) in [5.74, 6) is -0.0468. The van der Waals surface area contributed by atoms with Gasteiger partial charge in [0.05, 0.1) is 0 Å². The van der Waals surface area contributed by atoms with Crippen molar-refractivity contribution in [2.45, 2.75) is 50.0 Å². The molecule has 31 heavy (non-hydrogen) atoms. The second kappa shape index (κ2) is 8.12. The summed E-state index contributed by atoms with van der Waals surface area (Å²) in [6.45, 7) is 2.84. The van der Waals surface area contributed by atoms with Crippen molar-refractivity contribution in [2.24, 2.45) is 0 Å². The van der Waals surface area contributed by atoms with Crippen molar-refractivity contribution in [3.8, 4) is 0 Å². The number of likely N-dealkylation sites (tertiary alicyclic amines) is 1. The second-order valence-corrected chi connectivity index (χ2v) is 9.26. The van der Waals surface area contributed by atoms with E-state index in [9.17, 15) is 9.59 Å². The molecule has 2 heterocycles. The van der Waals surface area contributed by atoms with Gasteiger partial charge in [-0.1, -0.05) is 42.5 Å². The molecule has 3 aliphatic rings. The number of nitrogens with zero attached hydrogens (tertiary/aromatic N) is 2. The summed E-state index contributed by atoms with van der Waals surface area (Å²) >= 11 is 0. The minimum atomic E-state index is -0.436. The summed E-state index contributed by atoms with van der Waals surface area (Å²) in [6.07, 6.45) is 5.84. The summed E-state index contributed by atoms with van der Waals surface area (Å²) in [6, 6.07) is 16.4. The standard InChI is InChI=1S/C26H31N3O2/c1-27-25(31)23-18-20-7-3-5-9-22(20)29(23)24(30)11-15-28-16-13-26(14-17-28)12-10-19-6-2-4-8-21(19)26/h2-9,23H,10-18H2,1H3,(H,27,31)/t23-/m0/s1. The second-order valence-electron chi connectivity index (χ2n) is 9.26. The zero-order valence-electron chi connectivity index (χ0n) is 18.3. The molecule has 0 bridgehead atoms. The molecule has 0 unspecified atom stereocenters. The Kier molecular flexibility index (Phi) is 5.30. The van der Waals surface area contributed by atoms with Crippen molar-refractivity contribution in [1.82, 2.24) is 10.2 Å². The minimum Gasteiger partial charge on any atom is -0.357 e. The number of amides is 2. The number of hydrogen-bond donors (Lipinski definition) is 1. The van der Waals surface area contributed by atoms with Gasteiger partial charge < -0.3 is 10.2 Å². The number of carbonyl (C=O) groups is 2. The average molecular weight is 418 g/mol. The first kappa shape index (κ1) is 20.3. The number of anilines is 1. The summed E-state index contributed by atoms with van der Waals surface area (Å²) in [7, 11) is 1.64. The molecule has 5 rings (SSSR count). The van der Waals surface area contributed by atoms with E-state index in [1.165, 1.54) is 31.2 Å². The Labute approximate surface area is 184 Å². The molecule has 2 aromatic carbocycles. The number of likely N-dealkylation sites (N-methyl/N-ethyl adjacent to an activating group) is 1. The highest BCUT2D eigenvalue weighted by Crippen LogP contribution is 2.46. The first-order valence-electron chi connectivity index (χ1n) is 11.5. The summed E-state index contributed by atoms with van der Waals surface area (Å²) in [5.41, 5.74) is 5.40. The number of hydrogen-bond acceptors (Lipinski definition) is 3. The van der Waals surface area contributed by atoms with Gasteiger partial charge in [0.15, 0.2) is 0 Å². The highest BCUT2D eigenvalue weighted by molar-refractivity contribution is 6.03. The molecule has 1 fully saturated rings. The molecule has 162 valence electrons. The molecule has 0 radical (unpaired) electrons. The van der Waals surface area contributed by atoms with E-state index in [2.05, 4.69) is 34.5 Å². The number of para-hydroxylation sites is 1. The Balaban J connectivity index is 1.22. The number of rotatable bonds is 4. The number of benzene rings is 2. The fourth-order valence-corrected chi connectivity index (χ4v) is 5.93. The Morgan fingerprint density at radius 2 is 1.71 bits per heavy atom. The molecule has 5 heteroatoms. The van der Waals surface area contributed by atoms with Crippen molar-refractivity contribution in [2.75, 3.05) is 31.6 Å². The minimum absolute atomic E-state index is 0.0463. The quantitative estimate of drug-likeness (QED) is 0.832. The molecule has 2 aliphatic heterocycles. The Morgan fingerprint density at radius 3 is 2.48 bits per heavy atom. The summed E-state index contributed by atoms with van der Waals surface area (Å²) in [4.78, 5) is 29.8. The maximum Gasteiger partial charge on any atom is 0.243 e. The normalized spacial score (nSPS) is 21.7. The van der Waals surface area contributed by atoms with Gasteiger partial charge in [-0.25, -0.2) is 0 Å². The summed E-state index contributed by atoms with van der Waals surface area (Å²) < 4.78 is 0. The first-order valence-corrected chi connectivity index (χ1v) is 11.5.